The molecule has 0 amide bonds. The third kappa shape index (κ3) is 3.80. The molecule has 152 valence electrons. The number of benzene rings is 2. The van der Waals surface area contributed by atoms with Crippen LogP contribution in [-0.4, -0.2) is 40.7 Å². The highest BCUT2D eigenvalue weighted by Crippen LogP contribution is 2.35. The summed E-state index contributed by atoms with van der Waals surface area (Å²) in [6, 6.07) is 11.9. The van der Waals surface area contributed by atoms with E-state index < -0.39 is 5.97 Å². The van der Waals surface area contributed by atoms with Gasteiger partial charge in [0.25, 0.3) is 0 Å². The number of H-pyrrole nitrogens is 1. The number of piperidine rings is 1. The molecule has 29 heavy (non-hydrogen) atoms. The van der Waals surface area contributed by atoms with E-state index in [-0.39, 0.29) is 12.1 Å². The number of aromatic nitrogens is 1. The van der Waals surface area contributed by atoms with Crippen molar-refractivity contribution in [2.24, 2.45) is 0 Å². The molecule has 1 aromatic heterocycles. The van der Waals surface area contributed by atoms with Crippen molar-refractivity contribution in [2.45, 2.75) is 45.4 Å². The quantitative estimate of drug-likeness (QED) is 0.652. The SMILES string of the molecule is COC1CCN(Cc2c(C)cc(C)c3[nH]ccc23)C(c2ccc(C(=O)O)cc2)C1. The number of rotatable bonds is 5. The van der Waals surface area contributed by atoms with Gasteiger partial charge in [-0.15, -0.1) is 0 Å². The molecule has 1 saturated heterocycles. The van der Waals surface area contributed by atoms with E-state index in [2.05, 4.69) is 35.9 Å². The monoisotopic (exact) mass is 392 g/mol. The van der Waals surface area contributed by atoms with Crippen molar-refractivity contribution in [1.29, 1.82) is 0 Å². The molecule has 2 heterocycles. The largest absolute Gasteiger partial charge is 0.478 e. The molecule has 1 aliphatic rings. The van der Waals surface area contributed by atoms with E-state index in [0.29, 0.717) is 5.56 Å². The van der Waals surface area contributed by atoms with Gasteiger partial charge in [-0.1, -0.05) is 18.2 Å². The lowest BCUT2D eigenvalue weighted by atomic mass is 9.91. The second kappa shape index (κ2) is 8.01. The van der Waals surface area contributed by atoms with Gasteiger partial charge in [0.15, 0.2) is 0 Å². The number of nitrogens with one attached hydrogen (secondary N) is 1. The first kappa shape index (κ1) is 19.7. The molecule has 2 atom stereocenters. The standard InChI is InChI=1S/C24H28N2O3/c1-15-12-16(2)23-20(8-10-25-23)21(15)14-26-11-9-19(29-3)13-22(26)17-4-6-18(7-5-17)24(27)28/h4-8,10,12,19,22,25H,9,11,13-14H2,1-3H3,(H,27,28). The molecule has 3 aromatic rings. The van der Waals surface area contributed by atoms with Gasteiger partial charge in [-0.3, -0.25) is 4.90 Å². The van der Waals surface area contributed by atoms with Crippen LogP contribution >= 0.6 is 0 Å². The smallest absolute Gasteiger partial charge is 0.335 e. The van der Waals surface area contributed by atoms with E-state index >= 15 is 0 Å². The third-order valence-electron chi connectivity index (χ3n) is 6.28. The van der Waals surface area contributed by atoms with Crippen LogP contribution < -0.4 is 0 Å². The highest BCUT2D eigenvalue weighted by Gasteiger charge is 2.30. The minimum Gasteiger partial charge on any atom is -0.478 e. The fourth-order valence-electron chi connectivity index (χ4n) is 4.64. The van der Waals surface area contributed by atoms with Crippen LogP contribution in [0.3, 0.4) is 0 Å². The third-order valence-corrected chi connectivity index (χ3v) is 6.28. The first-order valence-corrected chi connectivity index (χ1v) is 10.1. The molecule has 2 N–H and O–H groups in total. The molecule has 1 aliphatic heterocycles. The number of aryl methyl sites for hydroxylation is 2. The summed E-state index contributed by atoms with van der Waals surface area (Å²) in [4.78, 5) is 17.1. The molecular weight excluding hydrogens is 364 g/mol. The Labute approximate surface area is 171 Å². The number of carbonyl (C=O) groups is 1. The van der Waals surface area contributed by atoms with Crippen LogP contribution in [0.5, 0.6) is 0 Å². The number of fused-ring (bicyclic) bond motifs is 1. The zero-order valence-corrected chi connectivity index (χ0v) is 17.2. The van der Waals surface area contributed by atoms with Crippen LogP contribution in [0.2, 0.25) is 0 Å². The van der Waals surface area contributed by atoms with Crippen LogP contribution in [0.1, 0.15) is 51.5 Å². The second-order valence-corrected chi connectivity index (χ2v) is 8.05. The average molecular weight is 392 g/mol. The van der Waals surface area contributed by atoms with Crippen LogP contribution in [0, 0.1) is 13.8 Å². The predicted octanol–water partition coefficient (Wildman–Crippen LogP) is 4.84. The van der Waals surface area contributed by atoms with E-state index in [1.54, 1.807) is 19.2 Å². The Morgan fingerprint density at radius 2 is 1.97 bits per heavy atom. The Hall–Kier alpha value is -2.63. The first-order valence-electron chi connectivity index (χ1n) is 10.1. The predicted molar refractivity (Wildman–Crippen MR) is 114 cm³/mol. The molecule has 1 fully saturated rings. The van der Waals surface area contributed by atoms with Gasteiger partial charge in [0.1, 0.15) is 0 Å². The molecule has 0 saturated carbocycles. The zero-order valence-electron chi connectivity index (χ0n) is 17.2. The number of carboxylic acids is 1. The summed E-state index contributed by atoms with van der Waals surface area (Å²) in [7, 11) is 1.78. The van der Waals surface area contributed by atoms with Crippen LogP contribution in [0.4, 0.5) is 0 Å². The van der Waals surface area contributed by atoms with E-state index in [1.807, 2.05) is 18.3 Å². The van der Waals surface area contributed by atoms with Crippen molar-refractivity contribution in [2.75, 3.05) is 13.7 Å². The van der Waals surface area contributed by atoms with Crippen molar-refractivity contribution in [1.82, 2.24) is 9.88 Å². The number of hydrogen-bond acceptors (Lipinski definition) is 3. The van der Waals surface area contributed by atoms with E-state index in [4.69, 9.17) is 4.74 Å². The number of aromatic carboxylic acids is 1. The first-order chi connectivity index (χ1) is 14.0. The molecule has 0 radical (unpaired) electrons. The molecule has 0 aliphatic carbocycles. The van der Waals surface area contributed by atoms with Gasteiger partial charge in [0.2, 0.25) is 0 Å². The number of ether oxygens (including phenoxy) is 1. The van der Waals surface area contributed by atoms with E-state index in [9.17, 15) is 9.90 Å². The molecular formula is C24H28N2O3. The summed E-state index contributed by atoms with van der Waals surface area (Å²) >= 11 is 0. The van der Waals surface area contributed by atoms with Gasteiger partial charge in [-0.05, 0) is 67.1 Å². The molecule has 5 nitrogen and oxygen atoms in total. The summed E-state index contributed by atoms with van der Waals surface area (Å²) in [6.07, 6.45) is 4.15. The van der Waals surface area contributed by atoms with Crippen LogP contribution in [-0.2, 0) is 11.3 Å². The minimum atomic E-state index is -0.892. The van der Waals surface area contributed by atoms with Gasteiger partial charge in [-0.2, -0.15) is 0 Å². The highest BCUT2D eigenvalue weighted by molar-refractivity contribution is 5.88. The number of likely N-dealkylation sites (tertiary alicyclic amines) is 1. The van der Waals surface area contributed by atoms with Crippen LogP contribution in [0.15, 0.2) is 42.6 Å². The summed E-state index contributed by atoms with van der Waals surface area (Å²) in [5.41, 5.74) is 6.61. The van der Waals surface area contributed by atoms with Crippen molar-refractivity contribution in [3.8, 4) is 0 Å². The number of carboxylic acid groups (broad SMARTS) is 1. The van der Waals surface area contributed by atoms with Gasteiger partial charge >= 0.3 is 5.97 Å². The lowest BCUT2D eigenvalue weighted by Crippen LogP contribution is -2.39. The number of hydrogen-bond donors (Lipinski definition) is 2. The van der Waals surface area contributed by atoms with Gasteiger partial charge in [-0.25, -0.2) is 4.79 Å². The van der Waals surface area contributed by atoms with E-state index in [0.717, 1.165) is 31.5 Å². The van der Waals surface area contributed by atoms with Crippen molar-refractivity contribution in [3.63, 3.8) is 0 Å². The molecule has 0 bridgehead atoms. The lowest BCUT2D eigenvalue weighted by molar-refractivity contribution is 0.00690. The average Bonchev–Trinajstić information content (AvgIpc) is 3.21. The molecule has 4 rings (SSSR count). The van der Waals surface area contributed by atoms with Crippen molar-refractivity contribution < 1.29 is 14.6 Å². The van der Waals surface area contributed by atoms with E-state index in [1.165, 1.54) is 27.6 Å². The summed E-state index contributed by atoms with van der Waals surface area (Å²) in [5.74, 6) is -0.892. The Balaban J connectivity index is 1.68. The Bertz CT molecular complexity index is 1020. The number of methoxy groups -OCH3 is 1. The lowest BCUT2D eigenvalue weighted by Gasteiger charge is -2.39. The van der Waals surface area contributed by atoms with Crippen molar-refractivity contribution >= 4 is 16.9 Å². The topological polar surface area (TPSA) is 65.6 Å². The number of aromatic amines is 1. The van der Waals surface area contributed by atoms with Gasteiger partial charge in [0.05, 0.1) is 11.7 Å². The Morgan fingerprint density at radius 1 is 1.21 bits per heavy atom. The second-order valence-electron chi connectivity index (χ2n) is 8.05. The maximum absolute atomic E-state index is 11.2. The maximum Gasteiger partial charge on any atom is 0.335 e. The fraction of sp³-hybridized carbons (Fsp3) is 0.375. The maximum atomic E-state index is 11.2. The minimum absolute atomic E-state index is 0.200. The fourth-order valence-corrected chi connectivity index (χ4v) is 4.64. The molecule has 2 unspecified atom stereocenters. The zero-order chi connectivity index (χ0) is 20.5. The van der Waals surface area contributed by atoms with Crippen LogP contribution in [0.25, 0.3) is 10.9 Å². The Morgan fingerprint density at radius 3 is 2.66 bits per heavy atom. The Kier molecular flexibility index (Phi) is 5.43. The highest BCUT2D eigenvalue weighted by atomic mass is 16.5. The normalized spacial score (nSPS) is 20.2. The van der Waals surface area contributed by atoms with Gasteiger partial charge in [0, 0.05) is 43.3 Å². The molecule has 0 spiro atoms. The molecule has 2 aromatic carbocycles. The summed E-state index contributed by atoms with van der Waals surface area (Å²) in [5, 5.41) is 10.5. The van der Waals surface area contributed by atoms with Crippen molar-refractivity contribution in [3.05, 3.63) is 70.4 Å². The molecule has 5 heteroatoms. The summed E-state index contributed by atoms with van der Waals surface area (Å²) < 4.78 is 5.67. The summed E-state index contributed by atoms with van der Waals surface area (Å²) in [6.45, 7) is 6.14. The van der Waals surface area contributed by atoms with Gasteiger partial charge < -0.3 is 14.8 Å². The number of nitrogens with zero attached hydrogens (tertiary/aromatic N) is 1.